The van der Waals surface area contributed by atoms with Gasteiger partial charge in [-0.25, -0.2) is 0 Å². The van der Waals surface area contributed by atoms with Crippen molar-refractivity contribution < 1.29 is 0 Å². The van der Waals surface area contributed by atoms with Crippen LogP contribution < -0.4 is 11.3 Å². The topological polar surface area (TPSA) is 38.0 Å². The molecule has 1 unspecified atom stereocenters. The van der Waals surface area contributed by atoms with Gasteiger partial charge in [0.1, 0.15) is 0 Å². The zero-order valence-electron chi connectivity index (χ0n) is 6.64. The van der Waals surface area contributed by atoms with E-state index >= 15 is 0 Å². The van der Waals surface area contributed by atoms with Crippen molar-refractivity contribution in [1.82, 2.24) is 5.43 Å². The molecule has 0 aliphatic rings. The average Bonchev–Trinajstić information content (AvgIpc) is 2.03. The predicted molar refractivity (Wildman–Crippen MR) is 52.2 cm³/mol. The number of hydrogen-bond donors (Lipinski definition) is 2. The van der Waals surface area contributed by atoms with Crippen molar-refractivity contribution in [2.45, 2.75) is 13.0 Å². The maximum atomic E-state index is 5.92. The van der Waals surface area contributed by atoms with Crippen LogP contribution in [0.4, 0.5) is 0 Å². The Morgan fingerprint density at radius 2 is 1.83 bits per heavy atom. The van der Waals surface area contributed by atoms with Gasteiger partial charge in [-0.3, -0.25) is 11.3 Å². The molecule has 0 aliphatic heterocycles. The van der Waals surface area contributed by atoms with Crippen molar-refractivity contribution in [3.8, 4) is 0 Å². The SMILES string of the molecule is CC(NN)c1c(Cl)cccc1Cl. The van der Waals surface area contributed by atoms with Crippen LogP contribution in [-0.4, -0.2) is 0 Å². The van der Waals surface area contributed by atoms with Gasteiger partial charge in [-0.1, -0.05) is 29.3 Å². The third kappa shape index (κ3) is 1.90. The number of benzene rings is 1. The van der Waals surface area contributed by atoms with Crippen molar-refractivity contribution in [1.29, 1.82) is 0 Å². The molecule has 0 saturated carbocycles. The monoisotopic (exact) mass is 204 g/mol. The lowest BCUT2D eigenvalue weighted by molar-refractivity contribution is 0.603. The summed E-state index contributed by atoms with van der Waals surface area (Å²) in [6, 6.07) is 5.34. The number of hydrazine groups is 1. The van der Waals surface area contributed by atoms with Gasteiger partial charge in [-0.15, -0.1) is 0 Å². The fourth-order valence-corrected chi connectivity index (χ4v) is 1.73. The summed E-state index contributed by atoms with van der Waals surface area (Å²) in [6.07, 6.45) is 0. The zero-order chi connectivity index (χ0) is 9.14. The Morgan fingerprint density at radius 3 is 2.25 bits per heavy atom. The minimum absolute atomic E-state index is 0.0359. The molecule has 0 heterocycles. The van der Waals surface area contributed by atoms with Gasteiger partial charge < -0.3 is 0 Å². The van der Waals surface area contributed by atoms with Crippen LogP contribution in [0.25, 0.3) is 0 Å². The van der Waals surface area contributed by atoms with E-state index in [4.69, 9.17) is 29.0 Å². The van der Waals surface area contributed by atoms with Gasteiger partial charge in [0.25, 0.3) is 0 Å². The van der Waals surface area contributed by atoms with Crippen LogP contribution >= 0.6 is 23.2 Å². The average molecular weight is 205 g/mol. The lowest BCUT2D eigenvalue weighted by Crippen LogP contribution is -2.26. The summed E-state index contributed by atoms with van der Waals surface area (Å²) in [7, 11) is 0. The van der Waals surface area contributed by atoms with E-state index in [9.17, 15) is 0 Å². The lowest BCUT2D eigenvalue weighted by atomic mass is 10.1. The molecule has 12 heavy (non-hydrogen) atoms. The molecule has 66 valence electrons. The van der Waals surface area contributed by atoms with E-state index in [0.29, 0.717) is 10.0 Å². The Bertz CT molecular complexity index is 256. The third-order valence-corrected chi connectivity index (χ3v) is 2.34. The Labute approximate surface area is 81.6 Å². The predicted octanol–water partition coefficient (Wildman–Crippen LogP) is 2.52. The van der Waals surface area contributed by atoms with E-state index in [1.54, 1.807) is 18.2 Å². The van der Waals surface area contributed by atoms with Crippen LogP contribution in [0, 0.1) is 0 Å². The summed E-state index contributed by atoms with van der Waals surface area (Å²) < 4.78 is 0. The zero-order valence-corrected chi connectivity index (χ0v) is 8.15. The highest BCUT2D eigenvalue weighted by molar-refractivity contribution is 6.36. The molecule has 1 rings (SSSR count). The van der Waals surface area contributed by atoms with E-state index in [-0.39, 0.29) is 6.04 Å². The van der Waals surface area contributed by atoms with Crippen LogP contribution in [0.3, 0.4) is 0 Å². The second-order valence-electron chi connectivity index (χ2n) is 2.52. The summed E-state index contributed by atoms with van der Waals surface area (Å²) in [4.78, 5) is 0. The minimum atomic E-state index is -0.0359. The second kappa shape index (κ2) is 4.10. The molecule has 4 heteroatoms. The number of hydrogen-bond acceptors (Lipinski definition) is 2. The number of rotatable bonds is 2. The Balaban J connectivity index is 3.12. The molecule has 3 N–H and O–H groups in total. The fourth-order valence-electron chi connectivity index (χ4n) is 1.01. The number of halogens is 2. The van der Waals surface area contributed by atoms with Gasteiger partial charge in [-0.05, 0) is 19.1 Å². The first kappa shape index (κ1) is 9.81. The second-order valence-corrected chi connectivity index (χ2v) is 3.34. The highest BCUT2D eigenvalue weighted by Crippen LogP contribution is 2.29. The van der Waals surface area contributed by atoms with Crippen LogP contribution in [0.5, 0.6) is 0 Å². The van der Waals surface area contributed by atoms with Crippen molar-refractivity contribution >= 4 is 23.2 Å². The van der Waals surface area contributed by atoms with Crippen LogP contribution in [0.15, 0.2) is 18.2 Å². The van der Waals surface area contributed by atoms with E-state index in [1.165, 1.54) is 0 Å². The largest absolute Gasteiger partial charge is 0.271 e. The van der Waals surface area contributed by atoms with Gasteiger partial charge in [0, 0.05) is 21.7 Å². The molecule has 1 aromatic carbocycles. The molecule has 0 aliphatic carbocycles. The molecular formula is C8H10Cl2N2. The molecule has 0 saturated heterocycles. The summed E-state index contributed by atoms with van der Waals surface area (Å²) in [5, 5.41) is 1.26. The van der Waals surface area contributed by atoms with Crippen molar-refractivity contribution in [3.05, 3.63) is 33.8 Å². The minimum Gasteiger partial charge on any atom is -0.271 e. The van der Waals surface area contributed by atoms with Crippen LogP contribution in [-0.2, 0) is 0 Å². The first-order valence-corrected chi connectivity index (χ1v) is 4.32. The quantitative estimate of drug-likeness (QED) is 0.575. The van der Waals surface area contributed by atoms with E-state index < -0.39 is 0 Å². The highest BCUT2D eigenvalue weighted by Gasteiger charge is 2.10. The van der Waals surface area contributed by atoms with Gasteiger partial charge in [0.2, 0.25) is 0 Å². The van der Waals surface area contributed by atoms with E-state index in [0.717, 1.165) is 5.56 Å². The summed E-state index contributed by atoms with van der Waals surface area (Å²) in [6.45, 7) is 1.90. The van der Waals surface area contributed by atoms with Gasteiger partial charge in [0.05, 0.1) is 0 Å². The molecule has 2 nitrogen and oxygen atoms in total. The molecule has 0 spiro atoms. The maximum absolute atomic E-state index is 5.92. The van der Waals surface area contributed by atoms with Gasteiger partial charge >= 0.3 is 0 Å². The molecule has 0 fully saturated rings. The Hall–Kier alpha value is -0.280. The molecule has 0 amide bonds. The molecule has 0 bridgehead atoms. The highest BCUT2D eigenvalue weighted by atomic mass is 35.5. The smallest absolute Gasteiger partial charge is 0.0469 e. The summed E-state index contributed by atoms with van der Waals surface area (Å²) >= 11 is 11.8. The number of nitrogens with two attached hydrogens (primary N) is 1. The first-order valence-electron chi connectivity index (χ1n) is 3.57. The summed E-state index contributed by atoms with van der Waals surface area (Å²) in [5.74, 6) is 5.27. The van der Waals surface area contributed by atoms with Crippen molar-refractivity contribution in [2.24, 2.45) is 5.84 Å². The molecule has 1 aromatic rings. The Morgan fingerprint density at radius 1 is 1.33 bits per heavy atom. The molecule has 0 radical (unpaired) electrons. The van der Waals surface area contributed by atoms with Gasteiger partial charge in [0.15, 0.2) is 0 Å². The Kier molecular flexibility index (Phi) is 3.35. The standard InChI is InChI=1S/C8H10Cl2N2/c1-5(12-11)8-6(9)3-2-4-7(8)10/h2-5,12H,11H2,1H3. The van der Waals surface area contributed by atoms with Crippen molar-refractivity contribution in [2.75, 3.05) is 0 Å². The first-order chi connectivity index (χ1) is 5.66. The van der Waals surface area contributed by atoms with Crippen molar-refractivity contribution in [3.63, 3.8) is 0 Å². The molecule has 1 atom stereocenters. The van der Waals surface area contributed by atoms with Crippen LogP contribution in [0.2, 0.25) is 10.0 Å². The lowest BCUT2D eigenvalue weighted by Gasteiger charge is -2.13. The van der Waals surface area contributed by atoms with E-state index in [1.807, 2.05) is 6.92 Å². The summed E-state index contributed by atoms with van der Waals surface area (Å²) in [5.41, 5.74) is 3.43. The fraction of sp³-hybridized carbons (Fsp3) is 0.250. The van der Waals surface area contributed by atoms with E-state index in [2.05, 4.69) is 5.43 Å². The maximum Gasteiger partial charge on any atom is 0.0469 e. The third-order valence-electron chi connectivity index (χ3n) is 1.68. The van der Waals surface area contributed by atoms with Crippen LogP contribution in [0.1, 0.15) is 18.5 Å². The van der Waals surface area contributed by atoms with Gasteiger partial charge in [-0.2, -0.15) is 0 Å². The number of nitrogens with one attached hydrogen (secondary N) is 1. The molecular weight excluding hydrogens is 195 g/mol. The normalized spacial score (nSPS) is 13.0. The molecule has 0 aromatic heterocycles.